The van der Waals surface area contributed by atoms with Gasteiger partial charge in [0.1, 0.15) is 0 Å². The van der Waals surface area contributed by atoms with Gasteiger partial charge in [-0.15, -0.1) is 0 Å². The number of likely N-dealkylation sites (tertiary alicyclic amines) is 1. The van der Waals surface area contributed by atoms with Crippen molar-refractivity contribution in [3.63, 3.8) is 0 Å². The SMILES string of the molecule is CC(C)C1CCN(Cc2ccoc2C(=O)NN)C1. The molecule has 1 fully saturated rings. The molecule has 2 heterocycles. The minimum absolute atomic E-state index is 0.325. The number of hydrogen-bond acceptors (Lipinski definition) is 4. The average Bonchev–Trinajstić information content (AvgIpc) is 2.97. The molecule has 1 aliphatic rings. The molecular formula is C13H21N3O2. The Labute approximate surface area is 107 Å². The van der Waals surface area contributed by atoms with Crippen molar-refractivity contribution in [2.45, 2.75) is 26.8 Å². The lowest BCUT2D eigenvalue weighted by Gasteiger charge is -2.17. The summed E-state index contributed by atoms with van der Waals surface area (Å²) in [5.74, 6) is 6.55. The summed E-state index contributed by atoms with van der Waals surface area (Å²) in [4.78, 5) is 13.9. The smallest absolute Gasteiger partial charge is 0.301 e. The molecular weight excluding hydrogens is 230 g/mol. The van der Waals surface area contributed by atoms with Crippen molar-refractivity contribution < 1.29 is 9.21 Å². The van der Waals surface area contributed by atoms with Crippen molar-refractivity contribution >= 4 is 5.91 Å². The lowest BCUT2D eigenvalue weighted by Crippen LogP contribution is -2.31. The molecule has 0 aromatic carbocycles. The topological polar surface area (TPSA) is 71.5 Å². The van der Waals surface area contributed by atoms with Gasteiger partial charge < -0.3 is 4.42 Å². The Morgan fingerprint density at radius 2 is 2.44 bits per heavy atom. The summed E-state index contributed by atoms with van der Waals surface area (Å²) in [6.45, 7) is 7.45. The number of nitrogens with two attached hydrogens (primary N) is 1. The molecule has 0 spiro atoms. The Hall–Kier alpha value is -1.33. The molecule has 5 nitrogen and oxygen atoms in total. The van der Waals surface area contributed by atoms with Gasteiger partial charge in [-0.05, 0) is 30.9 Å². The van der Waals surface area contributed by atoms with Gasteiger partial charge in [0, 0.05) is 18.7 Å². The second kappa shape index (κ2) is 5.54. The Balaban J connectivity index is 1.99. The molecule has 1 aromatic rings. The molecule has 1 atom stereocenters. The highest BCUT2D eigenvalue weighted by molar-refractivity contribution is 5.92. The normalized spacial score (nSPS) is 20.6. The van der Waals surface area contributed by atoms with Gasteiger partial charge >= 0.3 is 5.91 Å². The number of amides is 1. The van der Waals surface area contributed by atoms with Crippen LogP contribution in [0.1, 0.15) is 36.4 Å². The minimum Gasteiger partial charge on any atom is -0.459 e. The van der Waals surface area contributed by atoms with E-state index in [1.165, 1.54) is 12.7 Å². The highest BCUT2D eigenvalue weighted by Crippen LogP contribution is 2.25. The zero-order valence-corrected chi connectivity index (χ0v) is 11.0. The third-order valence-electron chi connectivity index (χ3n) is 3.73. The van der Waals surface area contributed by atoms with Crippen molar-refractivity contribution in [1.82, 2.24) is 10.3 Å². The van der Waals surface area contributed by atoms with E-state index in [0.717, 1.165) is 31.1 Å². The van der Waals surface area contributed by atoms with Crippen LogP contribution in [0.15, 0.2) is 16.7 Å². The summed E-state index contributed by atoms with van der Waals surface area (Å²) >= 11 is 0. The number of nitrogens with zero attached hydrogens (tertiary/aromatic N) is 1. The van der Waals surface area contributed by atoms with Gasteiger partial charge in [0.05, 0.1) is 6.26 Å². The monoisotopic (exact) mass is 251 g/mol. The molecule has 3 N–H and O–H groups in total. The van der Waals surface area contributed by atoms with Crippen molar-refractivity contribution in [1.29, 1.82) is 0 Å². The number of carbonyl (C=O) groups is 1. The van der Waals surface area contributed by atoms with Crippen LogP contribution in [0.5, 0.6) is 0 Å². The number of nitrogens with one attached hydrogen (secondary N) is 1. The maximum absolute atomic E-state index is 11.5. The van der Waals surface area contributed by atoms with Crippen LogP contribution in [-0.2, 0) is 6.54 Å². The fraction of sp³-hybridized carbons (Fsp3) is 0.615. The molecule has 1 amide bonds. The molecule has 1 aliphatic heterocycles. The lowest BCUT2D eigenvalue weighted by molar-refractivity contribution is 0.0923. The maximum Gasteiger partial charge on any atom is 0.301 e. The van der Waals surface area contributed by atoms with Crippen molar-refractivity contribution in [3.8, 4) is 0 Å². The molecule has 1 unspecified atom stereocenters. The summed E-state index contributed by atoms with van der Waals surface area (Å²) in [6.07, 6.45) is 2.77. The van der Waals surface area contributed by atoms with E-state index in [0.29, 0.717) is 11.7 Å². The number of carbonyl (C=O) groups excluding carboxylic acids is 1. The van der Waals surface area contributed by atoms with Crippen LogP contribution in [0, 0.1) is 11.8 Å². The second-order valence-corrected chi connectivity index (χ2v) is 5.28. The highest BCUT2D eigenvalue weighted by Gasteiger charge is 2.26. The Bertz CT molecular complexity index is 414. The molecule has 100 valence electrons. The van der Waals surface area contributed by atoms with Gasteiger partial charge in [-0.1, -0.05) is 13.8 Å². The van der Waals surface area contributed by atoms with E-state index in [4.69, 9.17) is 10.3 Å². The highest BCUT2D eigenvalue weighted by atomic mass is 16.3. The average molecular weight is 251 g/mol. The molecule has 0 bridgehead atoms. The Morgan fingerprint density at radius 3 is 3.06 bits per heavy atom. The number of rotatable bonds is 4. The van der Waals surface area contributed by atoms with Gasteiger partial charge in [0.15, 0.2) is 5.76 Å². The van der Waals surface area contributed by atoms with Crippen LogP contribution in [0.4, 0.5) is 0 Å². The van der Waals surface area contributed by atoms with Crippen molar-refractivity contribution in [2.75, 3.05) is 13.1 Å². The summed E-state index contributed by atoms with van der Waals surface area (Å²) < 4.78 is 5.18. The number of hydrazine groups is 1. The maximum atomic E-state index is 11.5. The predicted octanol–water partition coefficient (Wildman–Crippen LogP) is 1.36. The van der Waals surface area contributed by atoms with Crippen LogP contribution in [0.25, 0.3) is 0 Å². The zero-order valence-electron chi connectivity index (χ0n) is 11.0. The first kappa shape index (κ1) is 13.1. The minimum atomic E-state index is -0.366. The molecule has 18 heavy (non-hydrogen) atoms. The summed E-state index contributed by atoms with van der Waals surface area (Å²) in [5, 5.41) is 0. The summed E-state index contributed by atoms with van der Waals surface area (Å²) in [7, 11) is 0. The lowest BCUT2D eigenvalue weighted by atomic mass is 9.95. The van der Waals surface area contributed by atoms with Crippen LogP contribution < -0.4 is 11.3 Å². The van der Waals surface area contributed by atoms with Gasteiger partial charge in [-0.2, -0.15) is 0 Å². The second-order valence-electron chi connectivity index (χ2n) is 5.28. The Morgan fingerprint density at radius 1 is 1.67 bits per heavy atom. The zero-order chi connectivity index (χ0) is 13.1. The van der Waals surface area contributed by atoms with Crippen LogP contribution in [-0.4, -0.2) is 23.9 Å². The fourth-order valence-corrected chi connectivity index (χ4v) is 2.52. The molecule has 5 heteroatoms. The molecule has 1 saturated heterocycles. The van der Waals surface area contributed by atoms with E-state index in [9.17, 15) is 4.79 Å². The first-order valence-electron chi connectivity index (χ1n) is 6.41. The van der Waals surface area contributed by atoms with Gasteiger partial charge in [-0.25, -0.2) is 5.84 Å². The molecule has 0 saturated carbocycles. The van der Waals surface area contributed by atoms with Gasteiger partial charge in [0.25, 0.3) is 0 Å². The van der Waals surface area contributed by atoms with E-state index in [2.05, 4.69) is 24.2 Å². The standard InChI is InChI=1S/C13H21N3O2/c1-9(2)10-3-5-16(7-10)8-11-4-6-18-12(11)13(17)15-14/h4,6,9-10H,3,5,7-8,14H2,1-2H3,(H,15,17). The molecule has 0 radical (unpaired) electrons. The number of furan rings is 1. The fourth-order valence-electron chi connectivity index (χ4n) is 2.52. The molecule has 2 rings (SSSR count). The van der Waals surface area contributed by atoms with Crippen molar-refractivity contribution in [2.24, 2.45) is 17.7 Å². The largest absolute Gasteiger partial charge is 0.459 e. The number of nitrogen functional groups attached to an aromatic ring is 1. The first-order chi connectivity index (χ1) is 8.61. The van der Waals surface area contributed by atoms with Crippen LogP contribution in [0.2, 0.25) is 0 Å². The van der Waals surface area contributed by atoms with E-state index in [1.807, 2.05) is 6.07 Å². The van der Waals surface area contributed by atoms with Crippen LogP contribution in [0.3, 0.4) is 0 Å². The van der Waals surface area contributed by atoms with Gasteiger partial charge in [-0.3, -0.25) is 15.1 Å². The quantitative estimate of drug-likeness (QED) is 0.481. The number of hydrogen-bond donors (Lipinski definition) is 2. The first-order valence-corrected chi connectivity index (χ1v) is 6.41. The van der Waals surface area contributed by atoms with E-state index >= 15 is 0 Å². The third-order valence-corrected chi connectivity index (χ3v) is 3.73. The summed E-state index contributed by atoms with van der Waals surface area (Å²) in [5.41, 5.74) is 3.01. The molecule has 1 aromatic heterocycles. The van der Waals surface area contributed by atoms with Crippen LogP contribution >= 0.6 is 0 Å². The van der Waals surface area contributed by atoms with E-state index in [1.54, 1.807) is 0 Å². The van der Waals surface area contributed by atoms with Gasteiger partial charge in [0.2, 0.25) is 0 Å². The van der Waals surface area contributed by atoms with Crippen molar-refractivity contribution in [3.05, 3.63) is 23.7 Å². The predicted molar refractivity (Wildman–Crippen MR) is 68.6 cm³/mol. The van der Waals surface area contributed by atoms with E-state index < -0.39 is 0 Å². The van der Waals surface area contributed by atoms with E-state index in [-0.39, 0.29) is 5.91 Å². The third kappa shape index (κ3) is 2.73. The Kier molecular flexibility index (Phi) is 4.04. The molecule has 0 aliphatic carbocycles. The summed E-state index contributed by atoms with van der Waals surface area (Å²) in [6, 6.07) is 1.84.